The fourth-order valence-corrected chi connectivity index (χ4v) is 2.91. The highest BCUT2D eigenvalue weighted by molar-refractivity contribution is 7.89. The summed E-state index contributed by atoms with van der Waals surface area (Å²) in [7, 11) is -2.66. The van der Waals surface area contributed by atoms with Crippen molar-refractivity contribution in [3.05, 3.63) is 28.8 Å². The lowest BCUT2D eigenvalue weighted by atomic mass is 10.2. The Balaban J connectivity index is 0.00000361. The molecule has 0 heterocycles. The quantitative estimate of drug-likeness (QED) is 0.597. The SMILES string of the molecule is COC(=O)c1ccc(Cl)cc1S(=O)(=O)NCCCN.Cl. The van der Waals surface area contributed by atoms with Crippen LogP contribution in [-0.4, -0.2) is 34.6 Å². The smallest absolute Gasteiger partial charge is 0.339 e. The minimum absolute atomic E-state index is 0. The van der Waals surface area contributed by atoms with Crippen LogP contribution in [0.2, 0.25) is 5.02 Å². The third kappa shape index (κ3) is 4.92. The molecule has 0 saturated heterocycles. The Morgan fingerprint density at radius 1 is 1.45 bits per heavy atom. The maximum absolute atomic E-state index is 12.1. The lowest BCUT2D eigenvalue weighted by Gasteiger charge is -2.10. The number of rotatable bonds is 6. The number of nitrogens with two attached hydrogens (primary N) is 1. The number of sulfonamides is 1. The molecule has 0 saturated carbocycles. The van der Waals surface area contributed by atoms with Crippen LogP contribution in [0.5, 0.6) is 0 Å². The van der Waals surface area contributed by atoms with E-state index in [4.69, 9.17) is 17.3 Å². The normalized spacial score (nSPS) is 10.8. The second kappa shape index (κ2) is 8.43. The molecule has 9 heteroatoms. The molecule has 0 aliphatic heterocycles. The third-order valence-electron chi connectivity index (χ3n) is 2.31. The van der Waals surface area contributed by atoms with Crippen molar-refractivity contribution >= 4 is 40.0 Å². The first kappa shape index (κ1) is 19.1. The fourth-order valence-electron chi connectivity index (χ4n) is 1.38. The third-order valence-corrected chi connectivity index (χ3v) is 4.05. The molecule has 0 spiro atoms. The standard InChI is InChI=1S/C11H15ClN2O4S.ClH/c1-18-11(15)9-4-3-8(12)7-10(9)19(16,17)14-6-2-5-13;/h3-4,7,14H,2,5-6,13H2,1H3;1H. The lowest BCUT2D eigenvalue weighted by Crippen LogP contribution is -2.27. The fraction of sp³-hybridized carbons (Fsp3) is 0.364. The second-order valence-corrected chi connectivity index (χ2v) is 5.84. The van der Waals surface area contributed by atoms with Gasteiger partial charge in [-0.1, -0.05) is 11.6 Å². The van der Waals surface area contributed by atoms with Crippen molar-refractivity contribution in [2.24, 2.45) is 5.73 Å². The summed E-state index contributed by atoms with van der Waals surface area (Å²) in [5, 5.41) is 0.215. The monoisotopic (exact) mass is 342 g/mol. The number of esters is 1. The summed E-state index contributed by atoms with van der Waals surface area (Å²) >= 11 is 5.77. The van der Waals surface area contributed by atoms with E-state index in [1.54, 1.807) is 0 Å². The van der Waals surface area contributed by atoms with Gasteiger partial charge in [0.1, 0.15) is 0 Å². The molecule has 0 aliphatic carbocycles. The Kier molecular flexibility index (Phi) is 8.07. The van der Waals surface area contributed by atoms with Gasteiger partial charge in [-0.15, -0.1) is 12.4 Å². The number of methoxy groups -OCH3 is 1. The molecule has 0 aromatic heterocycles. The second-order valence-electron chi connectivity index (χ2n) is 3.67. The van der Waals surface area contributed by atoms with E-state index in [2.05, 4.69) is 9.46 Å². The molecule has 0 fully saturated rings. The van der Waals surface area contributed by atoms with E-state index < -0.39 is 16.0 Å². The number of ether oxygens (including phenoxy) is 1. The first-order valence-electron chi connectivity index (χ1n) is 5.50. The number of carbonyl (C=O) groups excluding carboxylic acids is 1. The summed E-state index contributed by atoms with van der Waals surface area (Å²) in [6.07, 6.45) is 0.493. The molecule has 0 amide bonds. The molecule has 114 valence electrons. The minimum Gasteiger partial charge on any atom is -0.465 e. The topological polar surface area (TPSA) is 98.5 Å². The number of benzene rings is 1. The number of hydrogen-bond acceptors (Lipinski definition) is 5. The number of nitrogens with one attached hydrogen (secondary N) is 1. The van der Waals surface area contributed by atoms with Gasteiger partial charge in [0.15, 0.2) is 0 Å². The van der Waals surface area contributed by atoms with Crippen LogP contribution < -0.4 is 10.5 Å². The van der Waals surface area contributed by atoms with Crippen molar-refractivity contribution in [1.82, 2.24) is 4.72 Å². The molecule has 3 N–H and O–H groups in total. The average molecular weight is 343 g/mol. The molecule has 20 heavy (non-hydrogen) atoms. The van der Waals surface area contributed by atoms with Crippen LogP contribution in [0, 0.1) is 0 Å². The Bertz CT molecular complexity index is 564. The van der Waals surface area contributed by atoms with E-state index in [9.17, 15) is 13.2 Å². The van der Waals surface area contributed by atoms with Gasteiger partial charge in [0.05, 0.1) is 17.6 Å². The van der Waals surface area contributed by atoms with Crippen LogP contribution in [0.1, 0.15) is 16.8 Å². The van der Waals surface area contributed by atoms with Crippen molar-refractivity contribution in [3.8, 4) is 0 Å². The molecule has 0 bridgehead atoms. The van der Waals surface area contributed by atoms with Crippen molar-refractivity contribution in [2.45, 2.75) is 11.3 Å². The average Bonchev–Trinajstić information content (AvgIpc) is 2.38. The van der Waals surface area contributed by atoms with E-state index in [1.807, 2.05) is 0 Å². The first-order valence-corrected chi connectivity index (χ1v) is 7.36. The van der Waals surface area contributed by atoms with Crippen molar-refractivity contribution in [2.75, 3.05) is 20.2 Å². The number of hydrogen-bond donors (Lipinski definition) is 2. The highest BCUT2D eigenvalue weighted by Gasteiger charge is 2.23. The zero-order valence-corrected chi connectivity index (χ0v) is 13.1. The molecule has 1 aromatic carbocycles. The summed E-state index contributed by atoms with van der Waals surface area (Å²) in [6, 6.07) is 3.94. The van der Waals surface area contributed by atoms with Crippen LogP contribution in [0.3, 0.4) is 0 Å². The molecule has 1 aromatic rings. The highest BCUT2D eigenvalue weighted by atomic mass is 35.5. The maximum Gasteiger partial charge on any atom is 0.339 e. The van der Waals surface area contributed by atoms with Gasteiger partial charge in [0.25, 0.3) is 0 Å². The van der Waals surface area contributed by atoms with Gasteiger partial charge in [-0.25, -0.2) is 17.9 Å². The molecule has 0 aliphatic rings. The molecular weight excluding hydrogens is 327 g/mol. The Labute approximate surface area is 129 Å². The van der Waals surface area contributed by atoms with Gasteiger partial charge < -0.3 is 10.5 Å². The van der Waals surface area contributed by atoms with Gasteiger partial charge in [-0.05, 0) is 31.2 Å². The largest absolute Gasteiger partial charge is 0.465 e. The molecule has 0 unspecified atom stereocenters. The first-order chi connectivity index (χ1) is 8.92. The van der Waals surface area contributed by atoms with Crippen LogP contribution in [-0.2, 0) is 14.8 Å². The number of carbonyl (C=O) groups is 1. The molecular formula is C11H16Cl2N2O4S. The summed E-state index contributed by atoms with van der Waals surface area (Å²) in [6.45, 7) is 0.549. The zero-order chi connectivity index (χ0) is 14.5. The van der Waals surface area contributed by atoms with Crippen molar-refractivity contribution < 1.29 is 17.9 Å². The molecule has 0 atom stereocenters. The van der Waals surface area contributed by atoms with E-state index in [1.165, 1.54) is 25.3 Å². The zero-order valence-electron chi connectivity index (χ0n) is 10.8. The van der Waals surface area contributed by atoms with Crippen LogP contribution in [0.25, 0.3) is 0 Å². The Morgan fingerprint density at radius 2 is 2.10 bits per heavy atom. The summed E-state index contributed by atoms with van der Waals surface area (Å²) in [4.78, 5) is 11.3. The van der Waals surface area contributed by atoms with E-state index in [-0.39, 0.29) is 34.4 Å². The molecule has 6 nitrogen and oxygen atoms in total. The Morgan fingerprint density at radius 3 is 2.65 bits per heavy atom. The van der Waals surface area contributed by atoms with Gasteiger partial charge in [0, 0.05) is 11.6 Å². The summed E-state index contributed by atoms with van der Waals surface area (Å²) in [5.74, 6) is -0.740. The minimum atomic E-state index is -3.83. The van der Waals surface area contributed by atoms with E-state index >= 15 is 0 Å². The van der Waals surface area contributed by atoms with Gasteiger partial charge in [-0.2, -0.15) is 0 Å². The van der Waals surface area contributed by atoms with Crippen molar-refractivity contribution in [1.29, 1.82) is 0 Å². The number of halogens is 2. The van der Waals surface area contributed by atoms with Crippen LogP contribution in [0.4, 0.5) is 0 Å². The van der Waals surface area contributed by atoms with Crippen molar-refractivity contribution in [3.63, 3.8) is 0 Å². The van der Waals surface area contributed by atoms with Gasteiger partial charge in [-0.3, -0.25) is 0 Å². The summed E-state index contributed by atoms with van der Waals surface area (Å²) in [5.41, 5.74) is 5.23. The van der Waals surface area contributed by atoms with Crippen LogP contribution >= 0.6 is 24.0 Å². The summed E-state index contributed by atoms with van der Waals surface area (Å²) < 4.78 is 31.1. The predicted octanol–water partition coefficient (Wildman–Crippen LogP) is 1.18. The van der Waals surface area contributed by atoms with Gasteiger partial charge >= 0.3 is 5.97 Å². The lowest BCUT2D eigenvalue weighted by molar-refractivity contribution is 0.0596. The Hall–Kier alpha value is -0.860. The van der Waals surface area contributed by atoms with E-state index in [0.717, 1.165) is 0 Å². The van der Waals surface area contributed by atoms with E-state index in [0.29, 0.717) is 13.0 Å². The molecule has 1 rings (SSSR count). The highest BCUT2D eigenvalue weighted by Crippen LogP contribution is 2.21. The maximum atomic E-state index is 12.1. The van der Waals surface area contributed by atoms with Gasteiger partial charge in [0.2, 0.25) is 10.0 Å². The molecule has 0 radical (unpaired) electrons. The predicted molar refractivity (Wildman–Crippen MR) is 78.9 cm³/mol. The van der Waals surface area contributed by atoms with Crippen LogP contribution in [0.15, 0.2) is 23.1 Å².